The standard InChI is InChI=1S/C15H22BrFO/c1-2-3-4-5-6-7-8-18-15-10-13(12-16)9-14(17)11-15/h9-11H,2-8,12H2,1H3. The minimum Gasteiger partial charge on any atom is -0.493 e. The molecule has 1 aromatic rings. The van der Waals surface area contributed by atoms with Gasteiger partial charge in [-0.25, -0.2) is 4.39 Å². The Hall–Kier alpha value is -0.570. The van der Waals surface area contributed by atoms with Crippen molar-refractivity contribution in [3.63, 3.8) is 0 Å². The first kappa shape index (κ1) is 15.5. The molecule has 0 atom stereocenters. The maximum absolute atomic E-state index is 13.2. The van der Waals surface area contributed by atoms with Gasteiger partial charge >= 0.3 is 0 Å². The van der Waals surface area contributed by atoms with E-state index in [4.69, 9.17) is 4.74 Å². The zero-order valence-electron chi connectivity index (χ0n) is 11.1. The van der Waals surface area contributed by atoms with E-state index in [1.165, 1.54) is 44.2 Å². The van der Waals surface area contributed by atoms with Crippen molar-refractivity contribution in [2.24, 2.45) is 0 Å². The van der Waals surface area contributed by atoms with Crippen LogP contribution in [0, 0.1) is 5.82 Å². The van der Waals surface area contributed by atoms with Crippen molar-refractivity contribution in [3.8, 4) is 5.75 Å². The Morgan fingerprint density at radius 3 is 2.50 bits per heavy atom. The Kier molecular flexibility index (Phi) is 8.06. The summed E-state index contributed by atoms with van der Waals surface area (Å²) in [6.45, 7) is 2.89. The summed E-state index contributed by atoms with van der Waals surface area (Å²) < 4.78 is 18.8. The van der Waals surface area contributed by atoms with Gasteiger partial charge in [-0.1, -0.05) is 55.0 Å². The molecule has 0 heterocycles. The summed E-state index contributed by atoms with van der Waals surface area (Å²) in [6.07, 6.45) is 7.41. The molecule has 0 aliphatic rings. The van der Waals surface area contributed by atoms with Crippen molar-refractivity contribution in [2.75, 3.05) is 6.61 Å². The second-order valence-electron chi connectivity index (χ2n) is 4.55. The van der Waals surface area contributed by atoms with Crippen molar-refractivity contribution >= 4 is 15.9 Å². The quantitative estimate of drug-likeness (QED) is 0.434. The summed E-state index contributed by atoms with van der Waals surface area (Å²) in [7, 11) is 0. The van der Waals surface area contributed by atoms with E-state index in [2.05, 4.69) is 22.9 Å². The van der Waals surface area contributed by atoms with E-state index < -0.39 is 0 Å². The maximum atomic E-state index is 13.2. The zero-order valence-corrected chi connectivity index (χ0v) is 12.6. The van der Waals surface area contributed by atoms with E-state index in [-0.39, 0.29) is 5.82 Å². The normalized spacial score (nSPS) is 10.6. The van der Waals surface area contributed by atoms with Gasteiger partial charge in [-0.2, -0.15) is 0 Å². The lowest BCUT2D eigenvalue weighted by molar-refractivity contribution is 0.302. The average Bonchev–Trinajstić information content (AvgIpc) is 2.37. The van der Waals surface area contributed by atoms with Crippen LogP contribution in [-0.4, -0.2) is 6.61 Å². The van der Waals surface area contributed by atoms with Crippen LogP contribution in [0.3, 0.4) is 0 Å². The summed E-state index contributed by atoms with van der Waals surface area (Å²) in [5.74, 6) is 0.405. The first-order chi connectivity index (χ1) is 8.76. The first-order valence-corrected chi connectivity index (χ1v) is 7.86. The molecule has 0 amide bonds. The largest absolute Gasteiger partial charge is 0.493 e. The number of unbranched alkanes of at least 4 members (excludes halogenated alkanes) is 5. The fourth-order valence-corrected chi connectivity index (χ4v) is 2.18. The van der Waals surface area contributed by atoms with Crippen LogP contribution in [0.2, 0.25) is 0 Å². The molecule has 0 unspecified atom stereocenters. The number of hydrogen-bond donors (Lipinski definition) is 0. The van der Waals surface area contributed by atoms with Crippen LogP contribution >= 0.6 is 15.9 Å². The number of rotatable bonds is 9. The average molecular weight is 317 g/mol. The molecule has 0 saturated carbocycles. The monoisotopic (exact) mass is 316 g/mol. The van der Waals surface area contributed by atoms with Crippen molar-refractivity contribution in [1.82, 2.24) is 0 Å². The third kappa shape index (κ3) is 6.39. The van der Waals surface area contributed by atoms with E-state index in [0.29, 0.717) is 17.7 Å². The first-order valence-electron chi connectivity index (χ1n) is 6.74. The van der Waals surface area contributed by atoms with Crippen LogP contribution in [0.5, 0.6) is 5.75 Å². The van der Waals surface area contributed by atoms with Gasteiger partial charge in [0.25, 0.3) is 0 Å². The minimum atomic E-state index is -0.232. The molecule has 102 valence electrons. The summed E-state index contributed by atoms with van der Waals surface area (Å²) in [4.78, 5) is 0. The lowest BCUT2D eigenvalue weighted by Gasteiger charge is -2.07. The van der Waals surface area contributed by atoms with Gasteiger partial charge in [0.05, 0.1) is 6.61 Å². The second-order valence-corrected chi connectivity index (χ2v) is 5.11. The molecule has 0 bridgehead atoms. The Morgan fingerprint density at radius 2 is 1.78 bits per heavy atom. The third-order valence-corrected chi connectivity index (χ3v) is 3.50. The number of halogens is 2. The molecule has 3 heteroatoms. The van der Waals surface area contributed by atoms with E-state index in [0.717, 1.165) is 12.0 Å². The minimum absolute atomic E-state index is 0.232. The van der Waals surface area contributed by atoms with Gasteiger partial charge in [0.1, 0.15) is 11.6 Å². The van der Waals surface area contributed by atoms with Gasteiger partial charge in [-0.05, 0) is 24.1 Å². The van der Waals surface area contributed by atoms with Gasteiger partial charge in [-0.15, -0.1) is 0 Å². The molecular weight excluding hydrogens is 295 g/mol. The molecule has 1 nitrogen and oxygen atoms in total. The predicted octanol–water partition coefficient (Wildman–Crippen LogP) is 5.46. The van der Waals surface area contributed by atoms with Crippen molar-refractivity contribution in [3.05, 3.63) is 29.6 Å². The van der Waals surface area contributed by atoms with Crippen LogP contribution in [-0.2, 0) is 5.33 Å². The van der Waals surface area contributed by atoms with E-state index in [9.17, 15) is 4.39 Å². The van der Waals surface area contributed by atoms with E-state index in [1.807, 2.05) is 6.07 Å². The molecule has 0 radical (unpaired) electrons. The lowest BCUT2D eigenvalue weighted by Crippen LogP contribution is -1.98. The number of hydrogen-bond acceptors (Lipinski definition) is 1. The molecule has 0 N–H and O–H groups in total. The second kappa shape index (κ2) is 9.37. The van der Waals surface area contributed by atoms with Gasteiger partial charge in [-0.3, -0.25) is 0 Å². The van der Waals surface area contributed by atoms with E-state index in [1.54, 1.807) is 0 Å². The van der Waals surface area contributed by atoms with E-state index >= 15 is 0 Å². The molecule has 0 fully saturated rings. The lowest BCUT2D eigenvalue weighted by atomic mass is 10.1. The van der Waals surface area contributed by atoms with Gasteiger partial charge in [0, 0.05) is 11.4 Å². The molecule has 0 spiro atoms. The highest BCUT2D eigenvalue weighted by atomic mass is 79.9. The predicted molar refractivity (Wildman–Crippen MR) is 77.9 cm³/mol. The van der Waals surface area contributed by atoms with Crippen LogP contribution < -0.4 is 4.74 Å². The molecule has 1 aromatic carbocycles. The molecule has 1 rings (SSSR count). The smallest absolute Gasteiger partial charge is 0.127 e. The van der Waals surface area contributed by atoms with Crippen molar-refractivity contribution in [2.45, 2.75) is 50.8 Å². The molecule has 18 heavy (non-hydrogen) atoms. The maximum Gasteiger partial charge on any atom is 0.127 e. The molecule has 0 saturated heterocycles. The van der Waals surface area contributed by atoms with Crippen LogP contribution in [0.1, 0.15) is 51.0 Å². The molecule has 0 aliphatic heterocycles. The highest BCUT2D eigenvalue weighted by molar-refractivity contribution is 9.08. The topological polar surface area (TPSA) is 9.23 Å². The Balaban J connectivity index is 2.20. The Bertz CT molecular complexity index is 341. The van der Waals surface area contributed by atoms with Crippen LogP contribution in [0.25, 0.3) is 0 Å². The SMILES string of the molecule is CCCCCCCCOc1cc(F)cc(CBr)c1. The highest BCUT2D eigenvalue weighted by Crippen LogP contribution is 2.18. The summed E-state index contributed by atoms with van der Waals surface area (Å²) in [6, 6.07) is 4.85. The molecule has 0 aliphatic carbocycles. The number of alkyl halides is 1. The van der Waals surface area contributed by atoms with Gasteiger partial charge < -0.3 is 4.74 Å². The number of benzene rings is 1. The summed E-state index contributed by atoms with van der Waals surface area (Å²) >= 11 is 3.32. The molecular formula is C15H22BrFO. The fourth-order valence-electron chi connectivity index (χ4n) is 1.85. The highest BCUT2D eigenvalue weighted by Gasteiger charge is 2.01. The summed E-state index contributed by atoms with van der Waals surface area (Å²) in [5.41, 5.74) is 0.910. The number of ether oxygens (including phenoxy) is 1. The van der Waals surface area contributed by atoms with Crippen LogP contribution in [0.15, 0.2) is 18.2 Å². The van der Waals surface area contributed by atoms with Crippen LogP contribution in [0.4, 0.5) is 4.39 Å². The Morgan fingerprint density at radius 1 is 1.06 bits per heavy atom. The third-order valence-electron chi connectivity index (χ3n) is 2.85. The van der Waals surface area contributed by atoms with Crippen molar-refractivity contribution < 1.29 is 9.13 Å². The molecule has 0 aromatic heterocycles. The van der Waals surface area contributed by atoms with Gasteiger partial charge in [0.15, 0.2) is 0 Å². The fraction of sp³-hybridized carbons (Fsp3) is 0.600. The zero-order chi connectivity index (χ0) is 13.2. The Labute approximate surface area is 118 Å². The van der Waals surface area contributed by atoms with Crippen molar-refractivity contribution in [1.29, 1.82) is 0 Å². The van der Waals surface area contributed by atoms with Gasteiger partial charge in [0.2, 0.25) is 0 Å². The summed E-state index contributed by atoms with van der Waals surface area (Å²) in [5, 5.41) is 0.651.